The Morgan fingerprint density at radius 2 is 2.38 bits per heavy atom. The van der Waals surface area contributed by atoms with Crippen molar-refractivity contribution >= 4 is 35.2 Å². The molecule has 3 N–H and O–H groups in total. The number of aliphatic carboxylic acids is 1. The topological polar surface area (TPSA) is 87.5 Å². The normalized spacial score (nSPS) is 24.7. The van der Waals surface area contributed by atoms with Crippen LogP contribution in [0, 0.1) is 0 Å². The quantitative estimate of drug-likeness (QED) is 0.612. The monoisotopic (exact) mass is 326 g/mol. The van der Waals surface area contributed by atoms with Crippen molar-refractivity contribution in [2.24, 2.45) is 5.73 Å². The molecule has 2 unspecified atom stereocenters. The summed E-state index contributed by atoms with van der Waals surface area (Å²) < 4.78 is 1.80. The summed E-state index contributed by atoms with van der Waals surface area (Å²) in [6.07, 6.45) is 3.52. The molecule has 2 aliphatic heterocycles. The number of β-lactam (4-membered cyclic amide) rings is 1. The van der Waals surface area contributed by atoms with Gasteiger partial charge in [0.25, 0.3) is 0 Å². The molecular weight excluding hydrogens is 314 g/mol. The summed E-state index contributed by atoms with van der Waals surface area (Å²) in [5.41, 5.74) is 6.44. The Morgan fingerprint density at radius 1 is 1.62 bits per heavy atom. The van der Waals surface area contributed by atoms with Crippen LogP contribution in [0.15, 0.2) is 35.8 Å². The number of pyridine rings is 1. The number of hydrogen-bond donors (Lipinski definition) is 2. The maximum Gasteiger partial charge on any atom is 0.352 e. The predicted octanol–water partition coefficient (Wildman–Crippen LogP) is 0.209. The van der Waals surface area contributed by atoms with Gasteiger partial charge in [-0.05, 0) is 6.07 Å². The first-order valence-electron chi connectivity index (χ1n) is 6.29. The van der Waals surface area contributed by atoms with E-state index in [1.807, 2.05) is 0 Å². The fourth-order valence-corrected chi connectivity index (χ4v) is 3.99. The molecule has 1 saturated heterocycles. The lowest BCUT2D eigenvalue weighted by Gasteiger charge is -2.47. The van der Waals surface area contributed by atoms with E-state index in [0.29, 0.717) is 22.9 Å². The summed E-state index contributed by atoms with van der Waals surface area (Å²) in [6, 6.07) is 2.92. The van der Waals surface area contributed by atoms with Crippen molar-refractivity contribution in [1.29, 1.82) is 0 Å². The molecule has 21 heavy (non-hydrogen) atoms. The second kappa shape index (κ2) is 5.32. The minimum absolute atomic E-state index is 0.0536. The minimum Gasteiger partial charge on any atom is -0.477 e. The summed E-state index contributed by atoms with van der Waals surface area (Å²) >= 11 is 7.42. The molecule has 0 spiro atoms. The van der Waals surface area contributed by atoms with Crippen LogP contribution in [0.4, 0.5) is 0 Å². The lowest BCUT2D eigenvalue weighted by atomic mass is 10.0. The van der Waals surface area contributed by atoms with E-state index in [1.165, 1.54) is 16.7 Å². The average molecular weight is 327 g/mol. The van der Waals surface area contributed by atoms with Gasteiger partial charge >= 0.3 is 5.97 Å². The Balaban J connectivity index is 1.95. The minimum atomic E-state index is -1.10. The lowest BCUT2D eigenvalue weighted by molar-refractivity contribution is -0.689. The van der Waals surface area contributed by atoms with Gasteiger partial charge in [0.15, 0.2) is 18.9 Å². The highest BCUT2D eigenvalue weighted by atomic mass is 35.5. The second-order valence-electron chi connectivity index (χ2n) is 4.89. The molecule has 1 aromatic rings. The molecule has 8 heteroatoms. The van der Waals surface area contributed by atoms with E-state index >= 15 is 0 Å². The van der Waals surface area contributed by atoms with Gasteiger partial charge in [-0.25, -0.2) is 4.79 Å². The number of nitrogens with two attached hydrogens (primary N) is 1. The van der Waals surface area contributed by atoms with Gasteiger partial charge in [-0.2, -0.15) is 4.57 Å². The SMILES string of the molecule is NC1C(=O)N2C(C(=O)O)=C(C[n+]3cccc(Cl)c3)CSC12. The highest BCUT2D eigenvalue weighted by molar-refractivity contribution is 8.00. The summed E-state index contributed by atoms with van der Waals surface area (Å²) in [4.78, 5) is 24.6. The van der Waals surface area contributed by atoms with Crippen LogP contribution in [-0.2, 0) is 16.1 Å². The Labute approximate surface area is 130 Å². The van der Waals surface area contributed by atoms with Crippen LogP contribution < -0.4 is 10.3 Å². The van der Waals surface area contributed by atoms with Crippen LogP contribution in [-0.4, -0.2) is 39.1 Å². The summed E-state index contributed by atoms with van der Waals surface area (Å²) in [5.74, 6) is -0.903. The Hall–Kier alpha value is -1.57. The van der Waals surface area contributed by atoms with Crippen LogP contribution in [0.1, 0.15) is 0 Å². The van der Waals surface area contributed by atoms with Crippen molar-refractivity contribution in [3.05, 3.63) is 40.8 Å². The van der Waals surface area contributed by atoms with Gasteiger partial charge in [0, 0.05) is 17.4 Å². The maximum atomic E-state index is 11.8. The number of fused-ring (bicyclic) bond motifs is 1. The van der Waals surface area contributed by atoms with E-state index in [2.05, 4.69) is 0 Å². The van der Waals surface area contributed by atoms with Crippen molar-refractivity contribution in [2.75, 3.05) is 5.75 Å². The van der Waals surface area contributed by atoms with Crippen LogP contribution in [0.25, 0.3) is 0 Å². The number of thioether (sulfide) groups is 1. The first kappa shape index (κ1) is 14.4. The van der Waals surface area contributed by atoms with Gasteiger partial charge in [0.2, 0.25) is 5.91 Å². The third-order valence-electron chi connectivity index (χ3n) is 3.49. The van der Waals surface area contributed by atoms with Crippen LogP contribution in [0.2, 0.25) is 5.02 Å². The number of rotatable bonds is 3. The fourth-order valence-electron chi connectivity index (χ4n) is 2.51. The molecule has 3 heterocycles. The molecule has 0 saturated carbocycles. The Bertz CT molecular complexity index is 664. The summed E-state index contributed by atoms with van der Waals surface area (Å²) in [6.45, 7) is 0.376. The van der Waals surface area contributed by atoms with E-state index in [0.717, 1.165) is 0 Å². The van der Waals surface area contributed by atoms with Gasteiger partial charge in [-0.3, -0.25) is 9.69 Å². The molecule has 1 aromatic heterocycles. The van der Waals surface area contributed by atoms with E-state index < -0.39 is 12.0 Å². The zero-order chi connectivity index (χ0) is 15.1. The third-order valence-corrected chi connectivity index (χ3v) is 5.07. The Morgan fingerprint density at radius 3 is 3.05 bits per heavy atom. The van der Waals surface area contributed by atoms with Gasteiger partial charge in [0.1, 0.15) is 22.1 Å². The molecule has 110 valence electrons. The highest BCUT2D eigenvalue weighted by Gasteiger charge is 2.52. The average Bonchev–Trinajstić information content (AvgIpc) is 2.45. The maximum absolute atomic E-state index is 11.8. The third kappa shape index (κ3) is 2.41. The first-order chi connectivity index (χ1) is 9.99. The van der Waals surface area contributed by atoms with Gasteiger partial charge < -0.3 is 10.8 Å². The highest BCUT2D eigenvalue weighted by Crippen LogP contribution is 2.39. The van der Waals surface area contributed by atoms with Gasteiger partial charge in [-0.15, -0.1) is 11.8 Å². The van der Waals surface area contributed by atoms with Gasteiger partial charge in [0.05, 0.1) is 0 Å². The number of carbonyl (C=O) groups excluding carboxylic acids is 1. The van der Waals surface area contributed by atoms with Gasteiger partial charge in [-0.1, -0.05) is 11.6 Å². The smallest absolute Gasteiger partial charge is 0.352 e. The largest absolute Gasteiger partial charge is 0.477 e. The number of halogens is 1. The fraction of sp³-hybridized carbons (Fsp3) is 0.308. The van der Waals surface area contributed by atoms with Crippen LogP contribution in [0.5, 0.6) is 0 Å². The van der Waals surface area contributed by atoms with E-state index in [9.17, 15) is 14.7 Å². The van der Waals surface area contributed by atoms with Crippen molar-refractivity contribution < 1.29 is 19.3 Å². The van der Waals surface area contributed by atoms with Crippen LogP contribution >= 0.6 is 23.4 Å². The zero-order valence-corrected chi connectivity index (χ0v) is 12.5. The number of hydrogen-bond acceptors (Lipinski definition) is 4. The molecule has 6 nitrogen and oxygen atoms in total. The zero-order valence-electron chi connectivity index (χ0n) is 10.9. The molecule has 0 aromatic carbocycles. The van der Waals surface area contributed by atoms with Crippen molar-refractivity contribution in [3.8, 4) is 0 Å². The lowest BCUT2D eigenvalue weighted by Crippen LogP contribution is -2.68. The molecule has 1 fully saturated rings. The number of amides is 1. The molecule has 3 rings (SSSR count). The summed E-state index contributed by atoms with van der Waals surface area (Å²) in [7, 11) is 0. The molecule has 0 aliphatic carbocycles. The molecular formula is C13H13ClN3O3S+. The molecule has 0 radical (unpaired) electrons. The van der Waals surface area contributed by atoms with Crippen molar-refractivity contribution in [3.63, 3.8) is 0 Å². The Kier molecular flexibility index (Phi) is 3.64. The number of aromatic nitrogens is 1. The van der Waals surface area contributed by atoms with Crippen LogP contribution in [0.3, 0.4) is 0 Å². The standard InChI is InChI=1S/C13H12ClN3O3S/c14-8-2-1-3-16(5-8)4-7-6-21-12-9(15)11(18)17(12)10(7)13(19)20/h1-3,5,9,12H,4,6,15H2/p+1. The van der Waals surface area contributed by atoms with Crippen molar-refractivity contribution in [2.45, 2.75) is 18.0 Å². The number of carbonyl (C=O) groups is 2. The van der Waals surface area contributed by atoms with E-state index in [-0.39, 0.29) is 17.0 Å². The second-order valence-corrected chi connectivity index (χ2v) is 6.43. The predicted molar refractivity (Wildman–Crippen MR) is 77.4 cm³/mol. The first-order valence-corrected chi connectivity index (χ1v) is 7.72. The summed E-state index contributed by atoms with van der Waals surface area (Å²) in [5, 5.41) is 9.73. The van der Waals surface area contributed by atoms with E-state index in [4.69, 9.17) is 17.3 Å². The van der Waals surface area contributed by atoms with Crippen molar-refractivity contribution in [1.82, 2.24) is 4.90 Å². The molecule has 2 atom stereocenters. The molecule has 2 aliphatic rings. The number of carboxylic acid groups (broad SMARTS) is 1. The van der Waals surface area contributed by atoms with E-state index in [1.54, 1.807) is 29.1 Å². The number of carboxylic acids is 1. The molecule has 1 amide bonds. The number of nitrogens with zero attached hydrogens (tertiary/aromatic N) is 2. The molecule has 0 bridgehead atoms.